The van der Waals surface area contributed by atoms with Crippen LogP contribution in [0.1, 0.15) is 19.4 Å². The lowest BCUT2D eigenvalue weighted by Crippen LogP contribution is -2.14. The smallest absolute Gasteiger partial charge is 0.212 e. The summed E-state index contributed by atoms with van der Waals surface area (Å²) < 4.78 is 4.91. The van der Waals surface area contributed by atoms with Crippen LogP contribution in [0.25, 0.3) is 0 Å². The van der Waals surface area contributed by atoms with E-state index in [4.69, 9.17) is 4.74 Å². The van der Waals surface area contributed by atoms with Crippen molar-refractivity contribution < 1.29 is 9.84 Å². The molecule has 0 saturated carbocycles. The van der Waals surface area contributed by atoms with Gasteiger partial charge in [-0.1, -0.05) is 11.8 Å². The van der Waals surface area contributed by atoms with Crippen LogP contribution in [0.15, 0.2) is 18.3 Å². The molecule has 0 radical (unpaired) electrons. The van der Waals surface area contributed by atoms with E-state index in [1.165, 1.54) is 0 Å². The molecule has 0 fully saturated rings. The second kappa shape index (κ2) is 4.12. The van der Waals surface area contributed by atoms with Crippen molar-refractivity contribution in [3.8, 4) is 17.7 Å². The van der Waals surface area contributed by atoms with Crippen molar-refractivity contribution >= 4 is 0 Å². The third-order valence-corrected chi connectivity index (χ3v) is 1.46. The SMILES string of the molecule is COc1ccc(C#CC(C)(C)O)cn1. The molecule has 1 aromatic heterocycles. The van der Waals surface area contributed by atoms with Gasteiger partial charge in [-0.15, -0.1) is 0 Å². The van der Waals surface area contributed by atoms with E-state index in [0.717, 1.165) is 5.56 Å². The van der Waals surface area contributed by atoms with E-state index in [1.54, 1.807) is 39.3 Å². The van der Waals surface area contributed by atoms with Gasteiger partial charge in [0.25, 0.3) is 0 Å². The standard InChI is InChI=1S/C11H13NO2/c1-11(2,13)7-6-9-4-5-10(14-3)12-8-9/h4-5,8,13H,1-3H3. The Kier molecular flexibility index (Phi) is 3.10. The van der Waals surface area contributed by atoms with Crippen molar-refractivity contribution in [1.29, 1.82) is 0 Å². The fourth-order valence-electron chi connectivity index (χ4n) is 0.800. The van der Waals surface area contributed by atoms with E-state index < -0.39 is 5.60 Å². The maximum absolute atomic E-state index is 9.36. The molecule has 0 aromatic carbocycles. The molecule has 1 heterocycles. The summed E-state index contributed by atoms with van der Waals surface area (Å²) in [6, 6.07) is 3.53. The Morgan fingerprint density at radius 2 is 2.14 bits per heavy atom. The first kappa shape index (κ1) is 10.6. The van der Waals surface area contributed by atoms with Crippen LogP contribution in [0.4, 0.5) is 0 Å². The lowest BCUT2D eigenvalue weighted by atomic mass is 10.1. The molecule has 0 aliphatic rings. The molecule has 0 unspecified atom stereocenters. The highest BCUT2D eigenvalue weighted by Gasteiger charge is 2.05. The van der Waals surface area contributed by atoms with Crippen molar-refractivity contribution in [1.82, 2.24) is 4.98 Å². The number of hydrogen-bond donors (Lipinski definition) is 1. The minimum Gasteiger partial charge on any atom is -0.481 e. The number of rotatable bonds is 1. The third kappa shape index (κ3) is 3.46. The predicted molar refractivity (Wildman–Crippen MR) is 54.0 cm³/mol. The van der Waals surface area contributed by atoms with Crippen LogP contribution in [0.3, 0.4) is 0 Å². The molecule has 1 N–H and O–H groups in total. The van der Waals surface area contributed by atoms with Crippen molar-refractivity contribution in [2.75, 3.05) is 7.11 Å². The van der Waals surface area contributed by atoms with E-state index in [1.807, 2.05) is 0 Å². The Balaban J connectivity index is 2.82. The summed E-state index contributed by atoms with van der Waals surface area (Å²) in [5, 5.41) is 9.36. The summed E-state index contributed by atoms with van der Waals surface area (Å²) in [4.78, 5) is 3.99. The van der Waals surface area contributed by atoms with Crippen LogP contribution in [0.2, 0.25) is 0 Å². The predicted octanol–water partition coefficient (Wildman–Crippen LogP) is 1.21. The molecule has 0 aliphatic carbocycles. The molecular weight excluding hydrogens is 178 g/mol. The van der Waals surface area contributed by atoms with Gasteiger partial charge in [0.15, 0.2) is 0 Å². The summed E-state index contributed by atoms with van der Waals surface area (Å²) in [7, 11) is 1.56. The summed E-state index contributed by atoms with van der Waals surface area (Å²) in [6.07, 6.45) is 1.61. The first-order valence-corrected chi connectivity index (χ1v) is 4.27. The molecule has 74 valence electrons. The molecule has 0 saturated heterocycles. The Morgan fingerprint density at radius 1 is 1.43 bits per heavy atom. The monoisotopic (exact) mass is 191 g/mol. The van der Waals surface area contributed by atoms with Gasteiger partial charge in [-0.3, -0.25) is 0 Å². The summed E-state index contributed by atoms with van der Waals surface area (Å²) >= 11 is 0. The quantitative estimate of drug-likeness (QED) is 0.678. The van der Waals surface area contributed by atoms with Crippen molar-refractivity contribution in [3.05, 3.63) is 23.9 Å². The highest BCUT2D eigenvalue weighted by atomic mass is 16.5. The number of pyridine rings is 1. The topological polar surface area (TPSA) is 42.4 Å². The average Bonchev–Trinajstić information content (AvgIpc) is 2.14. The van der Waals surface area contributed by atoms with Gasteiger partial charge >= 0.3 is 0 Å². The van der Waals surface area contributed by atoms with Crippen LogP contribution < -0.4 is 4.74 Å². The molecule has 0 amide bonds. The molecule has 1 rings (SSSR count). The summed E-state index contributed by atoms with van der Waals surface area (Å²) in [5.74, 6) is 6.07. The number of aromatic nitrogens is 1. The first-order valence-electron chi connectivity index (χ1n) is 4.27. The average molecular weight is 191 g/mol. The number of aliphatic hydroxyl groups is 1. The number of hydrogen-bond acceptors (Lipinski definition) is 3. The van der Waals surface area contributed by atoms with Gasteiger partial charge < -0.3 is 9.84 Å². The molecule has 1 aromatic rings. The highest BCUT2D eigenvalue weighted by molar-refractivity contribution is 5.35. The van der Waals surface area contributed by atoms with Crippen LogP contribution in [0.5, 0.6) is 5.88 Å². The van der Waals surface area contributed by atoms with Gasteiger partial charge in [-0.2, -0.15) is 0 Å². The fraction of sp³-hybridized carbons (Fsp3) is 0.364. The van der Waals surface area contributed by atoms with Gasteiger partial charge in [0.05, 0.1) is 7.11 Å². The Labute approximate surface area is 83.7 Å². The van der Waals surface area contributed by atoms with Crippen LogP contribution >= 0.6 is 0 Å². The molecule has 0 bridgehead atoms. The zero-order valence-electron chi connectivity index (χ0n) is 8.53. The van der Waals surface area contributed by atoms with Crippen molar-refractivity contribution in [2.24, 2.45) is 0 Å². The molecule has 3 nitrogen and oxygen atoms in total. The minimum atomic E-state index is -0.972. The largest absolute Gasteiger partial charge is 0.481 e. The maximum atomic E-state index is 9.36. The maximum Gasteiger partial charge on any atom is 0.212 e. The Hall–Kier alpha value is -1.53. The van der Waals surface area contributed by atoms with E-state index in [2.05, 4.69) is 16.8 Å². The zero-order chi connectivity index (χ0) is 10.6. The first-order chi connectivity index (χ1) is 6.51. The van der Waals surface area contributed by atoms with Crippen molar-refractivity contribution in [3.63, 3.8) is 0 Å². The van der Waals surface area contributed by atoms with Crippen LogP contribution in [0, 0.1) is 11.8 Å². The second-order valence-corrected chi connectivity index (χ2v) is 3.40. The van der Waals surface area contributed by atoms with E-state index in [-0.39, 0.29) is 0 Å². The molecule has 14 heavy (non-hydrogen) atoms. The van der Waals surface area contributed by atoms with Crippen molar-refractivity contribution in [2.45, 2.75) is 19.4 Å². The summed E-state index contributed by atoms with van der Waals surface area (Å²) in [6.45, 7) is 3.27. The van der Waals surface area contributed by atoms with Gasteiger partial charge in [0, 0.05) is 17.8 Å². The molecular formula is C11H13NO2. The zero-order valence-corrected chi connectivity index (χ0v) is 8.53. The number of nitrogens with zero attached hydrogens (tertiary/aromatic N) is 1. The molecule has 3 heteroatoms. The Bertz CT molecular complexity index is 352. The molecule has 0 atom stereocenters. The van der Waals surface area contributed by atoms with Gasteiger partial charge in [0.2, 0.25) is 5.88 Å². The molecule has 0 spiro atoms. The second-order valence-electron chi connectivity index (χ2n) is 3.40. The van der Waals surface area contributed by atoms with Gasteiger partial charge in [0.1, 0.15) is 5.60 Å². The lowest BCUT2D eigenvalue weighted by molar-refractivity contribution is 0.143. The number of methoxy groups -OCH3 is 1. The fourth-order valence-corrected chi connectivity index (χ4v) is 0.800. The number of ether oxygens (including phenoxy) is 1. The van der Waals surface area contributed by atoms with E-state index in [9.17, 15) is 5.11 Å². The minimum absolute atomic E-state index is 0.554. The van der Waals surface area contributed by atoms with E-state index in [0.29, 0.717) is 5.88 Å². The normalized spacial score (nSPS) is 10.3. The highest BCUT2D eigenvalue weighted by Crippen LogP contribution is 2.06. The summed E-state index contributed by atoms with van der Waals surface area (Å²) in [5.41, 5.74) is -0.215. The Morgan fingerprint density at radius 3 is 2.57 bits per heavy atom. The lowest BCUT2D eigenvalue weighted by Gasteiger charge is -2.05. The van der Waals surface area contributed by atoms with E-state index >= 15 is 0 Å². The molecule has 0 aliphatic heterocycles. The third-order valence-electron chi connectivity index (χ3n) is 1.46. The van der Waals surface area contributed by atoms with Crippen LogP contribution in [-0.4, -0.2) is 22.8 Å². The van der Waals surface area contributed by atoms with Gasteiger partial charge in [-0.25, -0.2) is 4.98 Å². The van der Waals surface area contributed by atoms with Crippen LogP contribution in [-0.2, 0) is 0 Å². The van der Waals surface area contributed by atoms with Gasteiger partial charge in [-0.05, 0) is 19.9 Å².